The molecular formula is C23H21FN2O4S. The summed E-state index contributed by atoms with van der Waals surface area (Å²) in [6.45, 7) is 3.47. The van der Waals surface area contributed by atoms with E-state index in [1.54, 1.807) is 36.4 Å². The molecule has 3 aromatic carbocycles. The lowest BCUT2D eigenvalue weighted by atomic mass is 10.1. The van der Waals surface area contributed by atoms with Gasteiger partial charge in [0.05, 0.1) is 22.8 Å². The first-order valence-electron chi connectivity index (χ1n) is 9.68. The third-order valence-electron chi connectivity index (χ3n) is 5.02. The minimum absolute atomic E-state index is 0.00116. The number of anilines is 2. The molecule has 1 aliphatic rings. The van der Waals surface area contributed by atoms with Crippen molar-refractivity contribution in [2.45, 2.75) is 24.8 Å². The number of rotatable bonds is 4. The number of aryl methyl sites for hydroxylation is 2. The number of hydrogen-bond acceptors (Lipinski definition) is 4. The van der Waals surface area contributed by atoms with Crippen molar-refractivity contribution >= 4 is 27.3 Å². The Kier molecular flexibility index (Phi) is 5.41. The van der Waals surface area contributed by atoms with Gasteiger partial charge in [0.2, 0.25) is 0 Å². The van der Waals surface area contributed by atoms with Crippen LogP contribution in [0.2, 0.25) is 0 Å². The maximum absolute atomic E-state index is 14.0. The molecule has 0 aliphatic carbocycles. The first-order valence-corrected chi connectivity index (χ1v) is 11.1. The number of hydrogen-bond donors (Lipinski definition) is 1. The molecule has 0 saturated heterocycles. The van der Waals surface area contributed by atoms with E-state index in [9.17, 15) is 17.6 Å². The van der Waals surface area contributed by atoms with E-state index >= 15 is 0 Å². The molecule has 0 saturated carbocycles. The zero-order valence-corrected chi connectivity index (χ0v) is 17.8. The molecule has 0 aromatic heterocycles. The van der Waals surface area contributed by atoms with Crippen LogP contribution in [-0.4, -0.2) is 27.0 Å². The maximum atomic E-state index is 14.0. The Labute approximate surface area is 180 Å². The molecule has 1 amide bonds. The van der Waals surface area contributed by atoms with E-state index in [0.29, 0.717) is 5.69 Å². The summed E-state index contributed by atoms with van der Waals surface area (Å²) in [6, 6.07) is 17.3. The summed E-state index contributed by atoms with van der Waals surface area (Å²) < 4.78 is 47.8. The Bertz CT molecular complexity index is 1240. The van der Waals surface area contributed by atoms with Gasteiger partial charge < -0.3 is 10.1 Å². The monoisotopic (exact) mass is 440 g/mol. The van der Waals surface area contributed by atoms with E-state index in [1.807, 2.05) is 13.8 Å². The molecule has 0 spiro atoms. The van der Waals surface area contributed by atoms with E-state index in [1.165, 1.54) is 34.6 Å². The normalized spacial score (nSPS) is 15.7. The van der Waals surface area contributed by atoms with Gasteiger partial charge in [-0.15, -0.1) is 0 Å². The Morgan fingerprint density at radius 3 is 2.42 bits per heavy atom. The van der Waals surface area contributed by atoms with Crippen molar-refractivity contribution in [1.82, 2.24) is 0 Å². The van der Waals surface area contributed by atoms with Crippen LogP contribution in [0.25, 0.3) is 0 Å². The van der Waals surface area contributed by atoms with Gasteiger partial charge in [0, 0.05) is 0 Å². The summed E-state index contributed by atoms with van der Waals surface area (Å²) in [4.78, 5) is 12.9. The van der Waals surface area contributed by atoms with Gasteiger partial charge in [-0.25, -0.2) is 12.8 Å². The molecule has 1 atom stereocenters. The van der Waals surface area contributed by atoms with Crippen LogP contribution in [0.5, 0.6) is 5.75 Å². The van der Waals surface area contributed by atoms with Crippen molar-refractivity contribution in [2.75, 3.05) is 16.2 Å². The number of carbonyl (C=O) groups excluding carboxylic acids is 1. The Morgan fingerprint density at radius 2 is 1.71 bits per heavy atom. The van der Waals surface area contributed by atoms with Crippen LogP contribution in [0.3, 0.4) is 0 Å². The molecule has 8 heteroatoms. The fraction of sp³-hybridized carbons (Fsp3) is 0.174. The van der Waals surface area contributed by atoms with Crippen molar-refractivity contribution in [3.8, 4) is 5.75 Å². The van der Waals surface area contributed by atoms with E-state index in [-0.39, 0.29) is 22.9 Å². The summed E-state index contributed by atoms with van der Waals surface area (Å²) >= 11 is 0. The Balaban J connectivity index is 1.71. The molecule has 0 bridgehead atoms. The number of sulfonamides is 1. The number of nitrogens with one attached hydrogen (secondary N) is 1. The molecule has 6 nitrogen and oxygen atoms in total. The first kappa shape index (κ1) is 20.9. The smallest absolute Gasteiger partial charge is 0.267 e. The second-order valence-corrected chi connectivity index (χ2v) is 9.26. The molecule has 4 rings (SSSR count). The number of para-hydroxylation sites is 1. The van der Waals surface area contributed by atoms with Crippen LogP contribution in [-0.2, 0) is 14.8 Å². The van der Waals surface area contributed by atoms with Crippen LogP contribution in [0.4, 0.5) is 15.8 Å². The SMILES string of the molecule is Cc1ccc(S(=O)(=O)N2C[C@@H](C(=O)Nc3ccccc3F)Oc3ccc(C)cc32)cc1. The van der Waals surface area contributed by atoms with Gasteiger partial charge >= 0.3 is 0 Å². The van der Waals surface area contributed by atoms with Gasteiger partial charge in [-0.2, -0.15) is 0 Å². The average molecular weight is 440 g/mol. The lowest BCUT2D eigenvalue weighted by molar-refractivity contribution is -0.122. The lowest BCUT2D eigenvalue weighted by Crippen LogP contribution is -2.49. The quantitative estimate of drug-likeness (QED) is 0.665. The second kappa shape index (κ2) is 8.03. The minimum Gasteiger partial charge on any atom is -0.476 e. The molecule has 160 valence electrons. The van der Waals surface area contributed by atoms with Crippen LogP contribution < -0.4 is 14.4 Å². The number of fused-ring (bicyclic) bond motifs is 1. The maximum Gasteiger partial charge on any atom is 0.267 e. The number of carbonyl (C=O) groups is 1. The predicted octanol–water partition coefficient (Wildman–Crippen LogP) is 4.04. The highest BCUT2D eigenvalue weighted by Gasteiger charge is 2.37. The molecular weight excluding hydrogens is 419 g/mol. The summed E-state index contributed by atoms with van der Waals surface area (Å²) in [5.41, 5.74) is 2.13. The van der Waals surface area contributed by atoms with Crippen molar-refractivity contribution in [1.29, 1.82) is 0 Å². The molecule has 1 N–H and O–H groups in total. The van der Waals surface area contributed by atoms with Crippen LogP contribution in [0, 0.1) is 19.7 Å². The summed E-state index contributed by atoms with van der Waals surface area (Å²) in [7, 11) is -3.96. The van der Waals surface area contributed by atoms with Crippen molar-refractivity contribution in [2.24, 2.45) is 0 Å². The molecule has 1 heterocycles. The summed E-state index contributed by atoms with van der Waals surface area (Å²) in [5.74, 6) is -0.964. The van der Waals surface area contributed by atoms with Gasteiger partial charge in [-0.3, -0.25) is 9.10 Å². The molecule has 1 aliphatic heterocycles. The van der Waals surface area contributed by atoms with Gasteiger partial charge in [0.15, 0.2) is 6.10 Å². The van der Waals surface area contributed by atoms with Gasteiger partial charge in [-0.1, -0.05) is 35.9 Å². The standard InChI is InChI=1S/C23H21FN2O4S/c1-15-7-10-17(11-8-15)31(28,29)26-14-22(30-21-12-9-16(2)13-20(21)26)23(27)25-19-6-4-3-5-18(19)24/h3-13,22H,14H2,1-2H3,(H,25,27)/t22-/m0/s1. The largest absolute Gasteiger partial charge is 0.476 e. The molecule has 3 aromatic rings. The third-order valence-corrected chi connectivity index (χ3v) is 6.81. The lowest BCUT2D eigenvalue weighted by Gasteiger charge is -2.35. The summed E-state index contributed by atoms with van der Waals surface area (Å²) in [6.07, 6.45) is -1.16. The average Bonchev–Trinajstić information content (AvgIpc) is 2.74. The fourth-order valence-electron chi connectivity index (χ4n) is 3.34. The number of ether oxygens (including phenoxy) is 1. The van der Waals surface area contributed by atoms with E-state index in [2.05, 4.69) is 5.32 Å². The molecule has 31 heavy (non-hydrogen) atoms. The molecule has 0 unspecified atom stereocenters. The van der Waals surface area contributed by atoms with Crippen molar-refractivity contribution in [3.05, 3.63) is 83.7 Å². The Hall–Kier alpha value is -3.39. The molecule has 0 fully saturated rings. The van der Waals surface area contributed by atoms with E-state index in [4.69, 9.17) is 4.74 Å². The Morgan fingerprint density at radius 1 is 1.03 bits per heavy atom. The zero-order chi connectivity index (χ0) is 22.2. The summed E-state index contributed by atoms with van der Waals surface area (Å²) in [5, 5.41) is 2.48. The first-order chi connectivity index (χ1) is 14.8. The van der Waals surface area contributed by atoms with Gasteiger partial charge in [0.1, 0.15) is 11.6 Å². The van der Waals surface area contributed by atoms with Crippen LogP contribution in [0.15, 0.2) is 71.6 Å². The molecule has 0 radical (unpaired) electrons. The topological polar surface area (TPSA) is 75.7 Å². The highest BCUT2D eigenvalue weighted by molar-refractivity contribution is 7.92. The van der Waals surface area contributed by atoms with Gasteiger partial charge in [0.25, 0.3) is 15.9 Å². The highest BCUT2D eigenvalue weighted by atomic mass is 32.2. The van der Waals surface area contributed by atoms with E-state index < -0.39 is 27.9 Å². The number of benzene rings is 3. The van der Waals surface area contributed by atoms with Crippen LogP contribution in [0.1, 0.15) is 11.1 Å². The van der Waals surface area contributed by atoms with Gasteiger partial charge in [-0.05, 0) is 55.8 Å². The second-order valence-electron chi connectivity index (χ2n) is 7.40. The predicted molar refractivity (Wildman–Crippen MR) is 116 cm³/mol. The van der Waals surface area contributed by atoms with E-state index in [0.717, 1.165) is 11.1 Å². The zero-order valence-electron chi connectivity index (χ0n) is 17.0. The fourth-order valence-corrected chi connectivity index (χ4v) is 4.81. The number of halogens is 1. The van der Waals surface area contributed by atoms with Crippen molar-refractivity contribution < 1.29 is 22.3 Å². The van der Waals surface area contributed by atoms with Crippen molar-refractivity contribution in [3.63, 3.8) is 0 Å². The minimum atomic E-state index is -3.96. The van der Waals surface area contributed by atoms with Crippen LogP contribution >= 0.6 is 0 Å². The highest BCUT2D eigenvalue weighted by Crippen LogP contribution is 2.38. The number of amides is 1. The third kappa shape index (κ3) is 4.11. The number of nitrogens with zero attached hydrogens (tertiary/aromatic N) is 1.